The van der Waals surface area contributed by atoms with Gasteiger partial charge in [0.05, 0.1) is 6.54 Å². The molecular weight excluding hydrogens is 445 g/mol. The number of carbonyl (C=O) groups is 1. The monoisotopic (exact) mass is 461 g/mol. The largest absolute Gasteiger partial charge is 0.472 e. The van der Waals surface area contributed by atoms with E-state index in [-0.39, 0.29) is 41.5 Å². The molecule has 0 radical (unpaired) electrons. The summed E-state index contributed by atoms with van der Waals surface area (Å²) >= 11 is 3.23. The average Bonchev–Trinajstić information content (AvgIpc) is 2.71. The number of halogens is 2. The van der Waals surface area contributed by atoms with Crippen LogP contribution < -0.4 is 16.0 Å². The Labute approximate surface area is 174 Å². The molecule has 1 aromatic heterocycles. The molecule has 9 heteroatoms. The van der Waals surface area contributed by atoms with Crippen molar-refractivity contribution in [1.82, 2.24) is 9.55 Å². The van der Waals surface area contributed by atoms with E-state index in [0.29, 0.717) is 0 Å². The second-order valence-corrected chi connectivity index (χ2v) is 6.93. The van der Waals surface area contributed by atoms with E-state index in [1.165, 1.54) is 23.0 Å². The van der Waals surface area contributed by atoms with Gasteiger partial charge in [0, 0.05) is 0 Å². The first-order valence-corrected chi connectivity index (χ1v) is 9.34. The lowest BCUT2D eigenvalue weighted by molar-refractivity contribution is 0.150. The highest BCUT2D eigenvalue weighted by Crippen LogP contribution is 2.19. The summed E-state index contributed by atoms with van der Waals surface area (Å²) in [6.45, 7) is 0.473. The zero-order chi connectivity index (χ0) is 20.8. The molecule has 0 atom stereocenters. The molecule has 0 fully saturated rings. The number of nitrogens with zero attached hydrogens (tertiary/aromatic N) is 2. The molecule has 1 amide bonds. The van der Waals surface area contributed by atoms with Gasteiger partial charge in [-0.05, 0) is 44.8 Å². The molecule has 0 saturated carbocycles. The van der Waals surface area contributed by atoms with E-state index in [2.05, 4.69) is 20.9 Å². The molecule has 7 nitrogen and oxygen atoms in total. The number of primary amides is 1. The van der Waals surface area contributed by atoms with Gasteiger partial charge in [0.1, 0.15) is 29.8 Å². The average molecular weight is 462 g/mol. The molecule has 0 bridgehead atoms. The fraction of sp³-hybridized carbons (Fsp3) is 0.150. The molecule has 29 heavy (non-hydrogen) atoms. The van der Waals surface area contributed by atoms with Crippen molar-refractivity contribution >= 4 is 22.0 Å². The number of benzene rings is 2. The van der Waals surface area contributed by atoms with Gasteiger partial charge in [-0.15, -0.1) is 0 Å². The first-order chi connectivity index (χ1) is 13.9. The number of aromatic nitrogens is 2. The van der Waals surface area contributed by atoms with Crippen molar-refractivity contribution < 1.29 is 18.7 Å². The van der Waals surface area contributed by atoms with Crippen LogP contribution in [0, 0.1) is 5.82 Å². The zero-order valence-corrected chi connectivity index (χ0v) is 16.8. The third-order valence-electron chi connectivity index (χ3n) is 3.96. The van der Waals surface area contributed by atoms with E-state index in [1.807, 2.05) is 12.1 Å². The lowest BCUT2D eigenvalue weighted by Gasteiger charge is -2.11. The molecule has 0 spiro atoms. The van der Waals surface area contributed by atoms with Crippen LogP contribution in [-0.2, 0) is 24.5 Å². The molecule has 150 valence electrons. The molecule has 3 rings (SSSR count). The summed E-state index contributed by atoms with van der Waals surface area (Å²) in [5.74, 6) is -0.180. The maximum atomic E-state index is 13.0. The van der Waals surface area contributed by atoms with Crippen LogP contribution in [0.15, 0.2) is 64.1 Å². The number of hydrogen-bond donors (Lipinski definition) is 1. The van der Waals surface area contributed by atoms with Crippen LogP contribution in [0.2, 0.25) is 0 Å². The quantitative estimate of drug-likeness (QED) is 0.581. The van der Waals surface area contributed by atoms with Crippen molar-refractivity contribution in [3.8, 4) is 5.88 Å². The Morgan fingerprint density at radius 1 is 1.10 bits per heavy atom. The highest BCUT2D eigenvalue weighted by Gasteiger charge is 2.11. The molecule has 2 N–H and O–H groups in total. The van der Waals surface area contributed by atoms with Gasteiger partial charge in [-0.1, -0.05) is 36.4 Å². The minimum atomic E-state index is -0.851. The second-order valence-electron chi connectivity index (χ2n) is 6.14. The van der Waals surface area contributed by atoms with Crippen molar-refractivity contribution in [2.24, 2.45) is 5.73 Å². The van der Waals surface area contributed by atoms with Gasteiger partial charge in [0.15, 0.2) is 0 Å². The van der Waals surface area contributed by atoms with E-state index in [9.17, 15) is 14.0 Å². The summed E-state index contributed by atoms with van der Waals surface area (Å²) in [6, 6.07) is 13.1. The Kier molecular flexibility index (Phi) is 6.61. The van der Waals surface area contributed by atoms with Crippen LogP contribution in [0.1, 0.15) is 16.7 Å². The Morgan fingerprint density at radius 2 is 1.83 bits per heavy atom. The van der Waals surface area contributed by atoms with E-state index in [1.54, 1.807) is 24.3 Å². The molecule has 0 aliphatic carbocycles. The highest BCUT2D eigenvalue weighted by molar-refractivity contribution is 9.10. The molecule has 2 aromatic carbocycles. The van der Waals surface area contributed by atoms with E-state index in [0.717, 1.165) is 16.7 Å². The van der Waals surface area contributed by atoms with Crippen LogP contribution in [0.3, 0.4) is 0 Å². The Morgan fingerprint density at radius 3 is 2.55 bits per heavy atom. The number of carbonyl (C=O) groups excluding carboxylic acids is 1. The second kappa shape index (κ2) is 9.33. The predicted octanol–water partition coefficient (Wildman–Crippen LogP) is 3.37. The minimum Gasteiger partial charge on any atom is -0.472 e. The first kappa shape index (κ1) is 20.5. The van der Waals surface area contributed by atoms with E-state index < -0.39 is 6.09 Å². The van der Waals surface area contributed by atoms with Crippen molar-refractivity contribution in [3.63, 3.8) is 0 Å². The summed E-state index contributed by atoms with van der Waals surface area (Å²) in [4.78, 5) is 27.5. The lowest BCUT2D eigenvalue weighted by atomic mass is 10.1. The Balaban J connectivity index is 1.70. The Bertz CT molecular complexity index is 1070. The summed E-state index contributed by atoms with van der Waals surface area (Å²) in [5, 5.41) is 0. The van der Waals surface area contributed by atoms with Crippen LogP contribution >= 0.6 is 15.9 Å². The van der Waals surface area contributed by atoms with Gasteiger partial charge < -0.3 is 15.2 Å². The van der Waals surface area contributed by atoms with Crippen LogP contribution in [0.25, 0.3) is 0 Å². The summed E-state index contributed by atoms with van der Waals surface area (Å²) in [5.41, 5.74) is 6.99. The summed E-state index contributed by atoms with van der Waals surface area (Å²) in [6.07, 6.45) is 0.538. The predicted molar refractivity (Wildman–Crippen MR) is 107 cm³/mol. The van der Waals surface area contributed by atoms with Crippen molar-refractivity contribution in [2.45, 2.75) is 19.8 Å². The van der Waals surface area contributed by atoms with Gasteiger partial charge >= 0.3 is 6.09 Å². The maximum Gasteiger partial charge on any atom is 0.404 e. The van der Waals surface area contributed by atoms with Crippen LogP contribution in [-0.4, -0.2) is 15.6 Å². The normalized spacial score (nSPS) is 10.6. The number of ether oxygens (including phenoxy) is 2. The highest BCUT2D eigenvalue weighted by atomic mass is 79.9. The summed E-state index contributed by atoms with van der Waals surface area (Å²) in [7, 11) is 0. The number of rotatable bonds is 7. The summed E-state index contributed by atoms with van der Waals surface area (Å²) < 4.78 is 24.9. The third kappa shape index (κ3) is 5.64. The number of nitrogens with two attached hydrogens (primary N) is 1. The molecule has 1 heterocycles. The number of amides is 1. The Hall–Kier alpha value is -3.20. The first-order valence-electron chi connectivity index (χ1n) is 8.54. The standard InChI is InChI=1S/C20H17BrFN3O4/c21-17-18(28-10-13-4-6-16(22)7-5-13)24-12-25(19(17)26)9-14-2-1-3-15(8-14)11-29-20(23)27/h1-8,12H,9-11H2,(H2,23,27). The molecule has 3 aromatic rings. The molecule has 0 unspecified atom stereocenters. The van der Waals surface area contributed by atoms with Crippen LogP contribution in [0.5, 0.6) is 5.88 Å². The zero-order valence-electron chi connectivity index (χ0n) is 15.2. The fourth-order valence-corrected chi connectivity index (χ4v) is 3.01. The SMILES string of the molecule is NC(=O)OCc1cccc(Cn2cnc(OCc3ccc(F)cc3)c(Br)c2=O)c1. The fourth-order valence-electron chi connectivity index (χ4n) is 2.56. The van der Waals surface area contributed by atoms with Gasteiger partial charge in [0.2, 0.25) is 5.88 Å². The smallest absolute Gasteiger partial charge is 0.404 e. The molecule has 0 aliphatic heterocycles. The van der Waals surface area contributed by atoms with Gasteiger partial charge in [-0.25, -0.2) is 14.2 Å². The number of hydrogen-bond acceptors (Lipinski definition) is 5. The topological polar surface area (TPSA) is 96.4 Å². The van der Waals surface area contributed by atoms with E-state index in [4.69, 9.17) is 15.2 Å². The van der Waals surface area contributed by atoms with E-state index >= 15 is 0 Å². The van der Waals surface area contributed by atoms with Crippen molar-refractivity contribution in [1.29, 1.82) is 0 Å². The molecular formula is C20H17BrFN3O4. The van der Waals surface area contributed by atoms with Crippen LogP contribution in [0.4, 0.5) is 9.18 Å². The lowest BCUT2D eigenvalue weighted by Crippen LogP contribution is -2.22. The molecule has 0 saturated heterocycles. The van der Waals surface area contributed by atoms with Gasteiger partial charge in [0.25, 0.3) is 5.56 Å². The van der Waals surface area contributed by atoms with Gasteiger partial charge in [-0.3, -0.25) is 9.36 Å². The minimum absolute atomic E-state index is 0.0518. The molecule has 0 aliphatic rings. The maximum absolute atomic E-state index is 13.0. The third-order valence-corrected chi connectivity index (χ3v) is 4.64. The van der Waals surface area contributed by atoms with Crippen molar-refractivity contribution in [3.05, 3.63) is 92.2 Å². The van der Waals surface area contributed by atoms with Gasteiger partial charge in [-0.2, -0.15) is 0 Å². The van der Waals surface area contributed by atoms with Crippen molar-refractivity contribution in [2.75, 3.05) is 0 Å².